The molecular formula is C15H21NO2. The van der Waals surface area contributed by atoms with E-state index in [0.29, 0.717) is 12.3 Å². The number of benzene rings is 1. The second-order valence-electron chi connectivity index (χ2n) is 5.13. The molecule has 1 N–H and O–H groups in total. The summed E-state index contributed by atoms with van der Waals surface area (Å²) < 4.78 is 5.32. The van der Waals surface area contributed by atoms with Crippen molar-refractivity contribution in [2.75, 3.05) is 20.2 Å². The van der Waals surface area contributed by atoms with Gasteiger partial charge in [0.25, 0.3) is 0 Å². The average Bonchev–Trinajstić information content (AvgIpc) is 2.81. The van der Waals surface area contributed by atoms with Gasteiger partial charge in [-0.25, -0.2) is 0 Å². The van der Waals surface area contributed by atoms with Gasteiger partial charge < -0.3 is 10.1 Å². The number of ketones is 1. The highest BCUT2D eigenvalue weighted by atomic mass is 16.5. The lowest BCUT2D eigenvalue weighted by Gasteiger charge is -2.12. The highest BCUT2D eigenvalue weighted by Gasteiger charge is 2.19. The van der Waals surface area contributed by atoms with Crippen LogP contribution in [0.15, 0.2) is 12.1 Å². The molecule has 0 aliphatic carbocycles. The van der Waals surface area contributed by atoms with Crippen molar-refractivity contribution in [3.63, 3.8) is 0 Å². The fourth-order valence-corrected chi connectivity index (χ4v) is 2.70. The van der Waals surface area contributed by atoms with E-state index in [9.17, 15) is 4.79 Å². The van der Waals surface area contributed by atoms with Crippen molar-refractivity contribution in [2.45, 2.75) is 26.7 Å². The number of nitrogens with one attached hydrogen (secondary N) is 1. The highest BCUT2D eigenvalue weighted by Crippen LogP contribution is 2.26. The Morgan fingerprint density at radius 2 is 2.06 bits per heavy atom. The van der Waals surface area contributed by atoms with Crippen molar-refractivity contribution >= 4 is 5.78 Å². The predicted octanol–water partition coefficient (Wildman–Crippen LogP) is 2.49. The van der Waals surface area contributed by atoms with Gasteiger partial charge in [-0.1, -0.05) is 0 Å². The molecule has 1 aliphatic rings. The quantitative estimate of drug-likeness (QED) is 0.831. The molecule has 3 heteroatoms. The smallest absolute Gasteiger partial charge is 0.163 e. The molecule has 3 nitrogen and oxygen atoms in total. The first-order valence-electron chi connectivity index (χ1n) is 6.51. The Kier molecular flexibility index (Phi) is 4.02. The Labute approximate surface area is 109 Å². The molecule has 98 valence electrons. The monoisotopic (exact) mass is 247 g/mol. The fourth-order valence-electron chi connectivity index (χ4n) is 2.70. The van der Waals surface area contributed by atoms with Crippen LogP contribution in [0.5, 0.6) is 5.75 Å². The number of carbonyl (C=O) groups is 1. The molecule has 1 unspecified atom stereocenters. The van der Waals surface area contributed by atoms with Crippen LogP contribution < -0.4 is 10.1 Å². The van der Waals surface area contributed by atoms with E-state index in [0.717, 1.165) is 42.0 Å². The molecular weight excluding hydrogens is 226 g/mol. The van der Waals surface area contributed by atoms with E-state index < -0.39 is 0 Å². The van der Waals surface area contributed by atoms with Gasteiger partial charge in [0.2, 0.25) is 0 Å². The van der Waals surface area contributed by atoms with E-state index in [4.69, 9.17) is 4.74 Å². The van der Waals surface area contributed by atoms with Crippen molar-refractivity contribution in [1.29, 1.82) is 0 Å². The summed E-state index contributed by atoms with van der Waals surface area (Å²) in [6.45, 7) is 5.98. The van der Waals surface area contributed by atoms with Crippen LogP contribution in [0.25, 0.3) is 0 Å². The first-order valence-corrected chi connectivity index (χ1v) is 6.51. The summed E-state index contributed by atoms with van der Waals surface area (Å²) in [7, 11) is 1.67. The zero-order valence-electron chi connectivity index (χ0n) is 11.4. The van der Waals surface area contributed by atoms with Crippen molar-refractivity contribution in [1.82, 2.24) is 5.32 Å². The summed E-state index contributed by atoms with van der Waals surface area (Å²) in [5.41, 5.74) is 2.88. The Morgan fingerprint density at radius 1 is 1.39 bits per heavy atom. The van der Waals surface area contributed by atoms with E-state index in [1.807, 2.05) is 26.0 Å². The number of methoxy groups -OCH3 is 1. The molecule has 1 fully saturated rings. The molecule has 1 aromatic carbocycles. The van der Waals surface area contributed by atoms with E-state index >= 15 is 0 Å². The van der Waals surface area contributed by atoms with Crippen LogP contribution in [0.4, 0.5) is 0 Å². The second-order valence-corrected chi connectivity index (χ2v) is 5.13. The number of aryl methyl sites for hydroxylation is 2. The minimum absolute atomic E-state index is 0.248. The minimum atomic E-state index is 0.248. The van der Waals surface area contributed by atoms with Crippen LogP contribution in [0.1, 0.15) is 34.3 Å². The van der Waals surface area contributed by atoms with E-state index in [-0.39, 0.29) is 5.78 Å². The summed E-state index contributed by atoms with van der Waals surface area (Å²) >= 11 is 0. The van der Waals surface area contributed by atoms with Gasteiger partial charge in [0, 0.05) is 12.0 Å². The van der Waals surface area contributed by atoms with Gasteiger partial charge in [0.05, 0.1) is 7.11 Å². The summed E-state index contributed by atoms with van der Waals surface area (Å²) in [6.07, 6.45) is 1.76. The zero-order valence-corrected chi connectivity index (χ0v) is 11.4. The molecule has 0 amide bonds. The van der Waals surface area contributed by atoms with Gasteiger partial charge in [-0.05, 0) is 62.5 Å². The number of ether oxygens (including phenoxy) is 1. The SMILES string of the molecule is COc1c(C)cc(C(=O)CC2CCNC2)cc1C. The predicted molar refractivity (Wildman–Crippen MR) is 72.4 cm³/mol. The second kappa shape index (κ2) is 5.53. The molecule has 1 heterocycles. The zero-order chi connectivity index (χ0) is 13.1. The van der Waals surface area contributed by atoms with E-state index in [1.165, 1.54) is 0 Å². The number of rotatable bonds is 4. The molecule has 0 aromatic heterocycles. The molecule has 1 aromatic rings. The molecule has 18 heavy (non-hydrogen) atoms. The van der Waals surface area contributed by atoms with Gasteiger partial charge in [0.15, 0.2) is 5.78 Å². The van der Waals surface area contributed by atoms with Gasteiger partial charge in [-0.3, -0.25) is 4.79 Å². The van der Waals surface area contributed by atoms with Gasteiger partial charge in [0.1, 0.15) is 5.75 Å². The van der Waals surface area contributed by atoms with Gasteiger partial charge in [-0.15, -0.1) is 0 Å². The van der Waals surface area contributed by atoms with Crippen molar-refractivity contribution in [2.24, 2.45) is 5.92 Å². The third-order valence-electron chi connectivity index (χ3n) is 3.62. The van der Waals surface area contributed by atoms with Crippen molar-refractivity contribution < 1.29 is 9.53 Å². The maximum atomic E-state index is 12.2. The van der Waals surface area contributed by atoms with Crippen LogP contribution in [-0.4, -0.2) is 26.0 Å². The summed E-state index contributed by atoms with van der Waals surface area (Å²) in [4.78, 5) is 12.2. The van der Waals surface area contributed by atoms with Gasteiger partial charge in [-0.2, -0.15) is 0 Å². The average molecular weight is 247 g/mol. The minimum Gasteiger partial charge on any atom is -0.496 e. The molecule has 2 rings (SSSR count). The van der Waals surface area contributed by atoms with Gasteiger partial charge >= 0.3 is 0 Å². The van der Waals surface area contributed by atoms with E-state index in [1.54, 1.807) is 7.11 Å². The third kappa shape index (κ3) is 2.72. The molecule has 1 aliphatic heterocycles. The van der Waals surface area contributed by atoms with Crippen LogP contribution in [0.2, 0.25) is 0 Å². The molecule has 1 atom stereocenters. The van der Waals surface area contributed by atoms with E-state index in [2.05, 4.69) is 5.32 Å². The van der Waals surface area contributed by atoms with Crippen molar-refractivity contribution in [3.05, 3.63) is 28.8 Å². The summed E-state index contributed by atoms with van der Waals surface area (Å²) in [5, 5.41) is 3.30. The molecule has 0 radical (unpaired) electrons. The molecule has 1 saturated heterocycles. The largest absolute Gasteiger partial charge is 0.496 e. The van der Waals surface area contributed by atoms with Crippen molar-refractivity contribution in [3.8, 4) is 5.75 Å². The lowest BCUT2D eigenvalue weighted by molar-refractivity contribution is 0.0964. The van der Waals surface area contributed by atoms with Crippen LogP contribution in [0, 0.1) is 19.8 Å². The Bertz CT molecular complexity index is 425. The lowest BCUT2D eigenvalue weighted by Crippen LogP contribution is -2.13. The van der Waals surface area contributed by atoms with Crippen LogP contribution in [0.3, 0.4) is 0 Å². The Morgan fingerprint density at radius 3 is 2.56 bits per heavy atom. The Balaban J connectivity index is 2.15. The standard InChI is InChI=1S/C15H21NO2/c1-10-6-13(7-11(2)15(10)18-3)14(17)8-12-4-5-16-9-12/h6-7,12,16H,4-5,8-9H2,1-3H3. The Hall–Kier alpha value is -1.35. The third-order valence-corrected chi connectivity index (χ3v) is 3.62. The maximum absolute atomic E-state index is 12.2. The number of hydrogen-bond acceptors (Lipinski definition) is 3. The number of Topliss-reactive ketones (excluding diaryl/α,β-unsaturated/α-hetero) is 1. The first-order chi connectivity index (χ1) is 8.61. The lowest BCUT2D eigenvalue weighted by atomic mass is 9.95. The topological polar surface area (TPSA) is 38.3 Å². The first kappa shape index (κ1) is 13.1. The van der Waals surface area contributed by atoms with Crippen LogP contribution in [-0.2, 0) is 0 Å². The normalized spacial score (nSPS) is 18.9. The highest BCUT2D eigenvalue weighted by molar-refractivity contribution is 5.96. The number of hydrogen-bond donors (Lipinski definition) is 1. The molecule has 0 bridgehead atoms. The molecule has 0 saturated carbocycles. The number of carbonyl (C=O) groups excluding carboxylic acids is 1. The summed E-state index contributed by atoms with van der Waals surface area (Å²) in [6, 6.07) is 3.88. The molecule has 0 spiro atoms. The fraction of sp³-hybridized carbons (Fsp3) is 0.533. The van der Waals surface area contributed by atoms with Crippen LogP contribution >= 0.6 is 0 Å². The summed E-state index contributed by atoms with van der Waals surface area (Å²) in [5.74, 6) is 1.63. The maximum Gasteiger partial charge on any atom is 0.163 e.